The van der Waals surface area contributed by atoms with Crippen LogP contribution in [0, 0.1) is 5.82 Å². The van der Waals surface area contributed by atoms with E-state index in [0.717, 1.165) is 30.0 Å². The molecular formula is C16H18ClFN2. The Kier molecular flexibility index (Phi) is 4.99. The number of hydrogen-bond acceptors (Lipinski definition) is 2. The lowest BCUT2D eigenvalue weighted by Crippen LogP contribution is -2.20. The summed E-state index contributed by atoms with van der Waals surface area (Å²) in [5.74, 6) is -0.237. The fraction of sp³-hybridized carbons (Fsp3) is 0.250. The summed E-state index contributed by atoms with van der Waals surface area (Å²) in [5, 5.41) is 3.84. The van der Waals surface area contributed by atoms with Gasteiger partial charge in [-0.15, -0.1) is 0 Å². The van der Waals surface area contributed by atoms with Crippen molar-refractivity contribution in [3.05, 3.63) is 58.9 Å². The average molecular weight is 293 g/mol. The number of anilines is 2. The van der Waals surface area contributed by atoms with E-state index in [0.29, 0.717) is 5.02 Å². The first-order valence-electron chi connectivity index (χ1n) is 6.62. The molecule has 1 N–H and O–H groups in total. The summed E-state index contributed by atoms with van der Waals surface area (Å²) in [4.78, 5) is 2.09. The van der Waals surface area contributed by atoms with Crippen molar-refractivity contribution in [3.63, 3.8) is 0 Å². The van der Waals surface area contributed by atoms with Gasteiger partial charge in [0, 0.05) is 18.8 Å². The van der Waals surface area contributed by atoms with E-state index in [4.69, 9.17) is 11.6 Å². The minimum atomic E-state index is -0.237. The van der Waals surface area contributed by atoms with Crippen molar-refractivity contribution in [2.75, 3.05) is 18.5 Å². The number of rotatable bonds is 5. The first-order chi connectivity index (χ1) is 9.67. The van der Waals surface area contributed by atoms with E-state index >= 15 is 0 Å². The summed E-state index contributed by atoms with van der Waals surface area (Å²) in [5.41, 5.74) is 3.02. The number of halogens is 2. The van der Waals surface area contributed by atoms with Crippen LogP contribution >= 0.6 is 11.6 Å². The molecule has 0 saturated carbocycles. The van der Waals surface area contributed by atoms with E-state index in [1.165, 1.54) is 12.1 Å². The van der Waals surface area contributed by atoms with Gasteiger partial charge in [0.05, 0.1) is 10.7 Å². The number of nitrogens with zero attached hydrogens (tertiary/aromatic N) is 1. The van der Waals surface area contributed by atoms with E-state index in [1.807, 2.05) is 25.2 Å². The predicted molar refractivity (Wildman–Crippen MR) is 83.3 cm³/mol. The van der Waals surface area contributed by atoms with Crippen molar-refractivity contribution in [1.82, 2.24) is 5.32 Å². The molecule has 2 rings (SSSR count). The van der Waals surface area contributed by atoms with Crippen molar-refractivity contribution in [3.8, 4) is 0 Å². The molecule has 0 unspecified atom stereocenters. The molecule has 0 saturated heterocycles. The van der Waals surface area contributed by atoms with Gasteiger partial charge in [0.15, 0.2) is 0 Å². The smallest absolute Gasteiger partial charge is 0.123 e. The molecule has 0 amide bonds. The minimum Gasteiger partial charge on any atom is -0.340 e. The highest BCUT2D eigenvalue weighted by atomic mass is 35.5. The monoisotopic (exact) mass is 292 g/mol. The molecule has 0 aromatic heterocycles. The van der Waals surface area contributed by atoms with E-state index in [2.05, 4.69) is 17.1 Å². The average Bonchev–Trinajstić information content (AvgIpc) is 2.44. The van der Waals surface area contributed by atoms with E-state index in [9.17, 15) is 4.39 Å². The topological polar surface area (TPSA) is 15.3 Å². The second-order valence-electron chi connectivity index (χ2n) is 4.50. The number of benzene rings is 2. The molecule has 0 atom stereocenters. The molecule has 2 aromatic rings. The maximum absolute atomic E-state index is 13.1. The Morgan fingerprint density at radius 1 is 1.15 bits per heavy atom. The molecule has 0 aliphatic heterocycles. The molecule has 0 bridgehead atoms. The Hall–Kier alpha value is -1.58. The molecular weight excluding hydrogens is 275 g/mol. The Bertz CT molecular complexity index is 569. The normalized spacial score (nSPS) is 10.6. The summed E-state index contributed by atoms with van der Waals surface area (Å²) in [7, 11) is 1.90. The second-order valence-corrected chi connectivity index (χ2v) is 4.91. The van der Waals surface area contributed by atoms with Crippen LogP contribution in [0.4, 0.5) is 15.8 Å². The van der Waals surface area contributed by atoms with Crippen molar-refractivity contribution in [2.45, 2.75) is 13.5 Å². The van der Waals surface area contributed by atoms with Crippen LogP contribution in [0.1, 0.15) is 12.5 Å². The fourth-order valence-electron chi connectivity index (χ4n) is 2.29. The fourth-order valence-corrected chi connectivity index (χ4v) is 2.58. The lowest BCUT2D eigenvalue weighted by Gasteiger charge is -2.27. The minimum absolute atomic E-state index is 0.237. The standard InChI is InChI=1S/C16H18ClFN2/c1-3-20(14-9-7-13(18)8-10-14)16-12(11-19-2)5-4-6-15(16)17/h4-10,19H,3,11H2,1-2H3. The largest absolute Gasteiger partial charge is 0.340 e. The molecule has 0 aliphatic carbocycles. The molecule has 0 spiro atoms. The van der Waals surface area contributed by atoms with E-state index < -0.39 is 0 Å². The van der Waals surface area contributed by atoms with Crippen molar-refractivity contribution in [1.29, 1.82) is 0 Å². The summed E-state index contributed by atoms with van der Waals surface area (Å²) in [6, 6.07) is 12.3. The maximum Gasteiger partial charge on any atom is 0.123 e. The number of para-hydroxylation sites is 1. The van der Waals surface area contributed by atoms with Crippen molar-refractivity contribution in [2.24, 2.45) is 0 Å². The molecule has 0 radical (unpaired) electrons. The van der Waals surface area contributed by atoms with Crippen LogP contribution < -0.4 is 10.2 Å². The Morgan fingerprint density at radius 2 is 1.85 bits per heavy atom. The summed E-state index contributed by atoms with van der Waals surface area (Å²) >= 11 is 6.38. The van der Waals surface area contributed by atoms with Crippen LogP contribution in [0.3, 0.4) is 0 Å². The molecule has 0 aliphatic rings. The third kappa shape index (κ3) is 3.11. The zero-order valence-corrected chi connectivity index (χ0v) is 12.4. The van der Waals surface area contributed by atoms with E-state index in [1.54, 1.807) is 12.1 Å². The van der Waals surface area contributed by atoms with Gasteiger partial charge in [-0.2, -0.15) is 0 Å². The summed E-state index contributed by atoms with van der Waals surface area (Å²) in [6.07, 6.45) is 0. The number of hydrogen-bond donors (Lipinski definition) is 1. The van der Waals surface area contributed by atoms with Crippen molar-refractivity contribution < 1.29 is 4.39 Å². The van der Waals surface area contributed by atoms with Crippen LogP contribution in [0.2, 0.25) is 5.02 Å². The van der Waals surface area contributed by atoms with Crippen LogP contribution in [0.25, 0.3) is 0 Å². The van der Waals surface area contributed by atoms with E-state index in [-0.39, 0.29) is 5.82 Å². The zero-order chi connectivity index (χ0) is 14.5. The van der Waals surface area contributed by atoms with Crippen molar-refractivity contribution >= 4 is 23.0 Å². The molecule has 0 heterocycles. The lowest BCUT2D eigenvalue weighted by molar-refractivity contribution is 0.628. The molecule has 0 fully saturated rings. The van der Waals surface area contributed by atoms with Gasteiger partial charge >= 0.3 is 0 Å². The Balaban J connectivity index is 2.48. The molecule has 2 nitrogen and oxygen atoms in total. The number of nitrogens with one attached hydrogen (secondary N) is 1. The molecule has 20 heavy (non-hydrogen) atoms. The van der Waals surface area contributed by atoms with Gasteiger partial charge in [0.1, 0.15) is 5.82 Å². The lowest BCUT2D eigenvalue weighted by atomic mass is 10.1. The first-order valence-corrected chi connectivity index (χ1v) is 7.00. The predicted octanol–water partition coefficient (Wildman–Crippen LogP) is 4.36. The Labute approximate surface area is 124 Å². The molecule has 4 heteroatoms. The highest BCUT2D eigenvalue weighted by Crippen LogP contribution is 2.35. The van der Waals surface area contributed by atoms with Gasteiger partial charge in [-0.1, -0.05) is 23.7 Å². The highest BCUT2D eigenvalue weighted by molar-refractivity contribution is 6.33. The second kappa shape index (κ2) is 6.73. The van der Waals surface area contributed by atoms with Crippen LogP contribution in [0.15, 0.2) is 42.5 Å². The van der Waals surface area contributed by atoms with Gasteiger partial charge in [0.2, 0.25) is 0 Å². The van der Waals surface area contributed by atoms with Gasteiger partial charge < -0.3 is 10.2 Å². The zero-order valence-electron chi connectivity index (χ0n) is 11.7. The SMILES string of the molecule is CCN(c1ccc(F)cc1)c1c(Cl)cccc1CNC. The first kappa shape index (κ1) is 14.8. The quantitative estimate of drug-likeness (QED) is 0.881. The van der Waals surface area contributed by atoms with Crippen LogP contribution in [-0.4, -0.2) is 13.6 Å². The van der Waals surface area contributed by atoms with Gasteiger partial charge in [0.25, 0.3) is 0 Å². The highest BCUT2D eigenvalue weighted by Gasteiger charge is 2.15. The summed E-state index contributed by atoms with van der Waals surface area (Å²) < 4.78 is 13.1. The Morgan fingerprint density at radius 3 is 2.45 bits per heavy atom. The van der Waals surface area contributed by atoms with Gasteiger partial charge in [-0.25, -0.2) is 4.39 Å². The van der Waals surface area contributed by atoms with Gasteiger partial charge in [-0.3, -0.25) is 0 Å². The van der Waals surface area contributed by atoms with Crippen LogP contribution in [0.5, 0.6) is 0 Å². The van der Waals surface area contributed by atoms with Gasteiger partial charge in [-0.05, 0) is 49.9 Å². The third-order valence-corrected chi connectivity index (χ3v) is 3.47. The summed E-state index contributed by atoms with van der Waals surface area (Å²) in [6.45, 7) is 3.54. The molecule has 2 aromatic carbocycles. The third-order valence-electron chi connectivity index (χ3n) is 3.16. The maximum atomic E-state index is 13.1. The van der Waals surface area contributed by atoms with Crippen LogP contribution in [-0.2, 0) is 6.54 Å². The molecule has 106 valence electrons.